The van der Waals surface area contributed by atoms with E-state index < -0.39 is 0 Å². The second-order valence-electron chi connectivity index (χ2n) is 8.08. The van der Waals surface area contributed by atoms with Gasteiger partial charge in [-0.2, -0.15) is 0 Å². The van der Waals surface area contributed by atoms with Gasteiger partial charge in [0.15, 0.2) is 12.3 Å². The average Bonchev–Trinajstić information content (AvgIpc) is 3.23. The maximum absolute atomic E-state index is 12.9. The fourth-order valence-corrected chi connectivity index (χ4v) is 4.58. The van der Waals surface area contributed by atoms with E-state index in [1.165, 1.54) is 15.7 Å². The Morgan fingerprint density at radius 3 is 2.07 bits per heavy atom. The summed E-state index contributed by atoms with van der Waals surface area (Å²) in [6.45, 7) is 2.73. The third-order valence-corrected chi connectivity index (χ3v) is 6.34. The van der Waals surface area contributed by atoms with Crippen LogP contribution in [0.15, 0.2) is 70.3 Å². The number of rotatable bonds is 4. The Bertz CT molecular complexity index is 1150. The molecule has 154 valence electrons. The molecule has 1 aliphatic rings. The van der Waals surface area contributed by atoms with Crippen LogP contribution in [0.2, 0.25) is 0 Å². The van der Waals surface area contributed by atoms with Gasteiger partial charge in [0.1, 0.15) is 12.1 Å². The van der Waals surface area contributed by atoms with E-state index in [9.17, 15) is 9.59 Å². The Labute approximate surface area is 176 Å². The highest BCUT2D eigenvalue weighted by Crippen LogP contribution is 2.34. The molecule has 1 aliphatic heterocycles. The highest BCUT2D eigenvalue weighted by molar-refractivity contribution is 5.76. The van der Waals surface area contributed by atoms with Gasteiger partial charge < -0.3 is 4.57 Å². The van der Waals surface area contributed by atoms with Crippen LogP contribution in [0.25, 0.3) is 0 Å². The van der Waals surface area contributed by atoms with Crippen LogP contribution < -0.4 is 11.2 Å². The minimum absolute atomic E-state index is 0.211. The summed E-state index contributed by atoms with van der Waals surface area (Å²) in [6, 6.07) is 21.4. The quantitative estimate of drug-likeness (QED) is 0.630. The van der Waals surface area contributed by atoms with Gasteiger partial charge in [0.25, 0.3) is 5.56 Å². The largest absolute Gasteiger partial charge is 0.330 e. The fraction of sp³-hybridized carbons (Fsp3) is 0.320. The lowest BCUT2D eigenvalue weighted by molar-refractivity contribution is -0.541. The molecule has 0 unspecified atom stereocenters. The van der Waals surface area contributed by atoms with Crippen LogP contribution in [0.1, 0.15) is 41.1 Å². The van der Waals surface area contributed by atoms with Crippen molar-refractivity contribution in [3.63, 3.8) is 0 Å². The van der Waals surface area contributed by atoms with E-state index in [2.05, 4.69) is 53.1 Å². The van der Waals surface area contributed by atoms with E-state index in [1.807, 2.05) is 25.3 Å². The third-order valence-electron chi connectivity index (χ3n) is 6.34. The molecule has 0 N–H and O–H groups in total. The lowest BCUT2D eigenvalue weighted by Crippen LogP contribution is -2.41. The summed E-state index contributed by atoms with van der Waals surface area (Å²) in [7, 11) is 3.26. The maximum atomic E-state index is 12.9. The van der Waals surface area contributed by atoms with Gasteiger partial charge in [-0.05, 0) is 18.1 Å². The van der Waals surface area contributed by atoms with Crippen LogP contribution >= 0.6 is 0 Å². The summed E-state index contributed by atoms with van der Waals surface area (Å²) in [5, 5.41) is 0. The summed E-state index contributed by atoms with van der Waals surface area (Å²) in [4.78, 5) is 25.1. The Hall–Kier alpha value is -3.21. The molecule has 0 bridgehead atoms. The topological polar surface area (TPSA) is 47.0 Å². The summed E-state index contributed by atoms with van der Waals surface area (Å²) >= 11 is 0. The number of benzene rings is 2. The normalized spacial score (nSPS) is 17.7. The van der Waals surface area contributed by atoms with Crippen LogP contribution in [0.5, 0.6) is 0 Å². The van der Waals surface area contributed by atoms with E-state index in [1.54, 1.807) is 18.7 Å². The van der Waals surface area contributed by atoms with Gasteiger partial charge >= 0.3 is 5.69 Å². The molecule has 0 spiro atoms. The summed E-state index contributed by atoms with van der Waals surface area (Å²) in [5.41, 5.74) is 3.31. The highest BCUT2D eigenvalue weighted by atomic mass is 16.2. The van der Waals surface area contributed by atoms with Gasteiger partial charge in [-0.15, -0.1) is 0 Å². The minimum Gasteiger partial charge on any atom is -0.300 e. The van der Waals surface area contributed by atoms with Gasteiger partial charge in [0.2, 0.25) is 0 Å². The second-order valence-corrected chi connectivity index (χ2v) is 8.08. The van der Waals surface area contributed by atoms with E-state index in [4.69, 9.17) is 0 Å². The first-order chi connectivity index (χ1) is 14.5. The summed E-state index contributed by atoms with van der Waals surface area (Å²) in [5.74, 6) is 0.211. The Morgan fingerprint density at radius 2 is 1.50 bits per heavy atom. The van der Waals surface area contributed by atoms with Crippen molar-refractivity contribution in [1.82, 2.24) is 9.13 Å². The molecular weight excluding hydrogens is 374 g/mol. The fourth-order valence-electron chi connectivity index (χ4n) is 4.58. The van der Waals surface area contributed by atoms with E-state index in [0.29, 0.717) is 11.3 Å². The number of hydrogen-bond acceptors (Lipinski definition) is 2. The van der Waals surface area contributed by atoms with Gasteiger partial charge in [0.05, 0.1) is 5.92 Å². The highest BCUT2D eigenvalue weighted by Gasteiger charge is 2.37. The van der Waals surface area contributed by atoms with E-state index >= 15 is 0 Å². The van der Waals surface area contributed by atoms with Crippen molar-refractivity contribution in [1.29, 1.82) is 0 Å². The Kier molecular flexibility index (Phi) is 5.53. The molecule has 3 aromatic rings. The van der Waals surface area contributed by atoms with E-state index in [0.717, 1.165) is 19.4 Å². The predicted octanol–water partition coefficient (Wildman–Crippen LogP) is 2.82. The second kappa shape index (κ2) is 8.27. The van der Waals surface area contributed by atoms with Gasteiger partial charge in [-0.3, -0.25) is 9.36 Å². The molecule has 0 aliphatic carbocycles. The van der Waals surface area contributed by atoms with Crippen LogP contribution in [0, 0.1) is 6.92 Å². The van der Waals surface area contributed by atoms with Crippen molar-refractivity contribution in [2.45, 2.75) is 31.7 Å². The van der Waals surface area contributed by atoms with Crippen LogP contribution in [0.3, 0.4) is 0 Å². The Balaban J connectivity index is 1.85. The standard InChI is InChI=1S/C25H28N3O2/c1-18-21(24(29)27(3)25(30)26(18)2)17-28-16-10-15-22(28)23(19-11-6-4-7-12-19)20-13-8-5-9-14-20/h4-9,11-14,17,22-23H,10,15-16H2,1-3H3/q+1/t22-/m1/s1. The van der Waals surface area contributed by atoms with Crippen molar-refractivity contribution in [2.75, 3.05) is 6.54 Å². The number of nitrogens with zero attached hydrogens (tertiary/aromatic N) is 3. The molecule has 1 aromatic heterocycles. The molecule has 0 radical (unpaired) electrons. The molecule has 1 fully saturated rings. The zero-order valence-corrected chi connectivity index (χ0v) is 17.8. The van der Waals surface area contributed by atoms with Crippen molar-refractivity contribution in [3.8, 4) is 0 Å². The molecule has 4 rings (SSSR count). The first kappa shape index (κ1) is 20.1. The number of hydrogen-bond donors (Lipinski definition) is 0. The van der Waals surface area contributed by atoms with Crippen molar-refractivity contribution in [3.05, 3.63) is 104 Å². The molecule has 2 heterocycles. The molecule has 30 heavy (non-hydrogen) atoms. The van der Waals surface area contributed by atoms with Crippen molar-refractivity contribution in [2.24, 2.45) is 14.1 Å². The average molecular weight is 403 g/mol. The zero-order chi connectivity index (χ0) is 21.3. The molecule has 5 nitrogen and oxygen atoms in total. The van der Waals surface area contributed by atoms with Crippen molar-refractivity contribution < 1.29 is 4.58 Å². The monoisotopic (exact) mass is 402 g/mol. The van der Waals surface area contributed by atoms with Gasteiger partial charge in [-0.25, -0.2) is 9.37 Å². The lowest BCUT2D eigenvalue weighted by atomic mass is 9.84. The SMILES string of the molecule is Cc1c(C=[N+]2CCC[C@@H]2C(c2ccccc2)c2ccccc2)c(=O)n(C)c(=O)n1C. The first-order valence-electron chi connectivity index (χ1n) is 10.5. The Morgan fingerprint density at radius 1 is 0.933 bits per heavy atom. The minimum atomic E-state index is -0.293. The molecule has 1 saturated heterocycles. The third kappa shape index (κ3) is 3.56. The first-order valence-corrected chi connectivity index (χ1v) is 10.5. The van der Waals surface area contributed by atoms with E-state index in [-0.39, 0.29) is 23.2 Å². The molecule has 0 amide bonds. The summed E-state index contributed by atoms with van der Waals surface area (Å²) in [6.07, 6.45) is 4.10. The molecular formula is C25H28N3O2+. The molecule has 0 saturated carbocycles. The maximum Gasteiger partial charge on any atom is 0.330 e. The number of aromatic nitrogens is 2. The van der Waals surface area contributed by atoms with Crippen LogP contribution in [-0.4, -0.2) is 32.5 Å². The smallest absolute Gasteiger partial charge is 0.300 e. The molecule has 5 heteroatoms. The zero-order valence-electron chi connectivity index (χ0n) is 17.8. The molecule has 1 atom stereocenters. The van der Waals surface area contributed by atoms with Crippen LogP contribution in [0.4, 0.5) is 0 Å². The lowest BCUT2D eigenvalue weighted by Gasteiger charge is -2.22. The van der Waals surface area contributed by atoms with Crippen molar-refractivity contribution >= 4 is 6.21 Å². The van der Waals surface area contributed by atoms with Crippen LogP contribution in [-0.2, 0) is 14.1 Å². The summed E-state index contributed by atoms with van der Waals surface area (Å²) < 4.78 is 5.04. The van der Waals surface area contributed by atoms with Gasteiger partial charge in [0, 0.05) is 32.6 Å². The predicted molar refractivity (Wildman–Crippen MR) is 120 cm³/mol. The van der Waals surface area contributed by atoms with Gasteiger partial charge in [-0.1, -0.05) is 60.7 Å². The molecule has 2 aromatic carbocycles.